The number of nitrogens with one attached hydrogen (secondary N) is 1. The minimum absolute atomic E-state index is 0.00618. The van der Waals surface area contributed by atoms with Crippen molar-refractivity contribution in [2.45, 2.75) is 56.9 Å². The van der Waals surface area contributed by atoms with Crippen LogP contribution in [0.4, 0.5) is 0 Å². The Bertz CT molecular complexity index is 555. The highest BCUT2D eigenvalue weighted by Crippen LogP contribution is 2.15. The molecule has 0 saturated heterocycles. The van der Waals surface area contributed by atoms with E-state index in [1.165, 1.54) is 43.5 Å². The summed E-state index contributed by atoms with van der Waals surface area (Å²) in [6, 6.07) is 5.71. The van der Waals surface area contributed by atoms with Crippen LogP contribution in [-0.2, 0) is 9.05 Å². The highest BCUT2D eigenvalue weighted by atomic mass is 35.7. The zero-order valence-electron chi connectivity index (χ0n) is 12.4. The molecule has 0 bridgehead atoms. The normalized spacial score (nSPS) is 12.9. The second-order valence-electron chi connectivity index (χ2n) is 5.19. The molecule has 1 unspecified atom stereocenters. The van der Waals surface area contributed by atoms with Crippen molar-refractivity contribution in [2.24, 2.45) is 0 Å². The number of rotatable bonds is 8. The molecule has 0 aliphatic heterocycles. The van der Waals surface area contributed by atoms with Gasteiger partial charge in [0.05, 0.1) is 4.90 Å². The molecule has 0 fully saturated rings. The minimum Gasteiger partial charge on any atom is -0.350 e. The Morgan fingerprint density at radius 3 is 2.33 bits per heavy atom. The maximum Gasteiger partial charge on any atom is 0.261 e. The van der Waals surface area contributed by atoms with Crippen LogP contribution in [0.25, 0.3) is 0 Å². The lowest BCUT2D eigenvalue weighted by molar-refractivity contribution is 0.0938. The van der Waals surface area contributed by atoms with Gasteiger partial charge in [0.2, 0.25) is 0 Å². The summed E-state index contributed by atoms with van der Waals surface area (Å²) in [7, 11) is 1.48. The van der Waals surface area contributed by atoms with Gasteiger partial charge in [-0.05, 0) is 37.6 Å². The summed E-state index contributed by atoms with van der Waals surface area (Å²) in [6.45, 7) is 4.14. The molecule has 0 saturated carbocycles. The fourth-order valence-electron chi connectivity index (χ4n) is 2.03. The SMILES string of the molecule is CCCCCCC(C)NC(=O)c1ccc(S(=O)(=O)Cl)cc1. The third-order valence-electron chi connectivity index (χ3n) is 3.27. The highest BCUT2D eigenvalue weighted by molar-refractivity contribution is 8.13. The Labute approximate surface area is 131 Å². The van der Waals surface area contributed by atoms with E-state index in [-0.39, 0.29) is 16.8 Å². The van der Waals surface area contributed by atoms with Crippen LogP contribution in [0.2, 0.25) is 0 Å². The van der Waals surface area contributed by atoms with Crippen molar-refractivity contribution in [3.05, 3.63) is 29.8 Å². The van der Waals surface area contributed by atoms with Crippen LogP contribution in [0.3, 0.4) is 0 Å². The standard InChI is InChI=1S/C15H22ClNO3S/c1-3-4-5-6-7-12(2)17-15(18)13-8-10-14(11-9-13)21(16,19)20/h8-12H,3-7H2,1-2H3,(H,17,18). The monoisotopic (exact) mass is 331 g/mol. The summed E-state index contributed by atoms with van der Waals surface area (Å²) in [5.41, 5.74) is 0.430. The summed E-state index contributed by atoms with van der Waals surface area (Å²) >= 11 is 0. The molecule has 6 heteroatoms. The summed E-state index contributed by atoms with van der Waals surface area (Å²) in [5, 5.41) is 2.91. The molecule has 1 atom stereocenters. The maximum atomic E-state index is 12.0. The molecule has 0 aromatic heterocycles. The molecule has 0 heterocycles. The summed E-state index contributed by atoms with van der Waals surface area (Å²) in [5.74, 6) is -0.198. The van der Waals surface area contributed by atoms with E-state index in [9.17, 15) is 13.2 Å². The van der Waals surface area contributed by atoms with E-state index < -0.39 is 9.05 Å². The Kier molecular flexibility index (Phi) is 7.18. The zero-order chi connectivity index (χ0) is 15.9. The second-order valence-corrected chi connectivity index (χ2v) is 7.75. The molecule has 0 aliphatic carbocycles. The summed E-state index contributed by atoms with van der Waals surface area (Å²) in [4.78, 5) is 12.0. The minimum atomic E-state index is -3.75. The highest BCUT2D eigenvalue weighted by Gasteiger charge is 2.13. The molecule has 4 nitrogen and oxygen atoms in total. The summed E-state index contributed by atoms with van der Waals surface area (Å²) in [6.07, 6.45) is 5.63. The van der Waals surface area contributed by atoms with E-state index in [1.807, 2.05) is 6.92 Å². The van der Waals surface area contributed by atoms with Crippen LogP contribution < -0.4 is 5.32 Å². The van der Waals surface area contributed by atoms with Gasteiger partial charge < -0.3 is 5.32 Å². The Balaban J connectivity index is 2.52. The molecular formula is C15H22ClNO3S. The fourth-order valence-corrected chi connectivity index (χ4v) is 2.80. The number of carbonyl (C=O) groups excluding carboxylic acids is 1. The van der Waals surface area contributed by atoms with Gasteiger partial charge >= 0.3 is 0 Å². The molecule has 0 aliphatic rings. The third kappa shape index (κ3) is 6.48. The topological polar surface area (TPSA) is 63.2 Å². The molecule has 21 heavy (non-hydrogen) atoms. The average Bonchev–Trinajstić information content (AvgIpc) is 2.43. The second kappa shape index (κ2) is 8.39. The van der Waals surface area contributed by atoms with Crippen molar-refractivity contribution in [1.82, 2.24) is 5.32 Å². The molecular weight excluding hydrogens is 310 g/mol. The Morgan fingerprint density at radius 1 is 1.19 bits per heavy atom. The first-order chi connectivity index (χ1) is 9.84. The first-order valence-electron chi connectivity index (χ1n) is 7.20. The van der Waals surface area contributed by atoms with Crippen LogP contribution in [0.5, 0.6) is 0 Å². The van der Waals surface area contributed by atoms with E-state index in [0.29, 0.717) is 5.56 Å². The van der Waals surface area contributed by atoms with E-state index in [2.05, 4.69) is 12.2 Å². The fraction of sp³-hybridized carbons (Fsp3) is 0.533. The summed E-state index contributed by atoms with van der Waals surface area (Å²) < 4.78 is 22.3. The van der Waals surface area contributed by atoms with Gasteiger partial charge in [-0.2, -0.15) is 0 Å². The van der Waals surface area contributed by atoms with Crippen molar-refractivity contribution in [2.75, 3.05) is 0 Å². The molecule has 1 aromatic rings. The van der Waals surface area contributed by atoms with E-state index in [1.54, 1.807) is 0 Å². The first kappa shape index (κ1) is 18.0. The van der Waals surface area contributed by atoms with Crippen molar-refractivity contribution < 1.29 is 13.2 Å². The van der Waals surface area contributed by atoms with Gasteiger partial charge in [0.15, 0.2) is 0 Å². The third-order valence-corrected chi connectivity index (χ3v) is 4.64. The zero-order valence-corrected chi connectivity index (χ0v) is 14.0. The number of amides is 1. The van der Waals surface area contributed by atoms with Gasteiger partial charge in [-0.15, -0.1) is 0 Å². The smallest absolute Gasteiger partial charge is 0.261 e. The van der Waals surface area contributed by atoms with E-state index >= 15 is 0 Å². The molecule has 0 spiro atoms. The largest absolute Gasteiger partial charge is 0.350 e. The van der Waals surface area contributed by atoms with Gasteiger partial charge in [-0.3, -0.25) is 4.79 Å². The Hall–Kier alpha value is -1.07. The average molecular weight is 332 g/mol. The number of hydrogen-bond acceptors (Lipinski definition) is 3. The van der Waals surface area contributed by atoms with Crippen LogP contribution in [0.1, 0.15) is 56.3 Å². The van der Waals surface area contributed by atoms with Gasteiger partial charge in [-0.1, -0.05) is 32.6 Å². The van der Waals surface area contributed by atoms with E-state index in [4.69, 9.17) is 10.7 Å². The van der Waals surface area contributed by atoms with Crippen molar-refractivity contribution in [3.63, 3.8) is 0 Å². The van der Waals surface area contributed by atoms with Crippen molar-refractivity contribution in [3.8, 4) is 0 Å². The number of unbranched alkanes of at least 4 members (excludes halogenated alkanes) is 3. The maximum absolute atomic E-state index is 12.0. The van der Waals surface area contributed by atoms with Gasteiger partial charge in [0.25, 0.3) is 15.0 Å². The molecule has 118 valence electrons. The lowest BCUT2D eigenvalue weighted by atomic mass is 10.1. The molecule has 1 rings (SSSR count). The van der Waals surface area contributed by atoms with Crippen LogP contribution >= 0.6 is 10.7 Å². The van der Waals surface area contributed by atoms with E-state index in [0.717, 1.165) is 12.8 Å². The predicted molar refractivity (Wildman–Crippen MR) is 85.2 cm³/mol. The van der Waals surface area contributed by atoms with Crippen molar-refractivity contribution in [1.29, 1.82) is 0 Å². The lowest BCUT2D eigenvalue weighted by Gasteiger charge is -2.13. The van der Waals surface area contributed by atoms with Crippen molar-refractivity contribution >= 4 is 25.6 Å². The van der Waals surface area contributed by atoms with Gasteiger partial charge in [-0.25, -0.2) is 8.42 Å². The first-order valence-corrected chi connectivity index (χ1v) is 9.51. The van der Waals surface area contributed by atoms with Gasteiger partial charge in [0, 0.05) is 22.3 Å². The quantitative estimate of drug-likeness (QED) is 0.583. The predicted octanol–water partition coefficient (Wildman–Crippen LogP) is 3.70. The number of carbonyl (C=O) groups is 1. The Morgan fingerprint density at radius 2 is 1.81 bits per heavy atom. The number of hydrogen-bond donors (Lipinski definition) is 1. The number of benzene rings is 1. The van der Waals surface area contributed by atoms with Crippen LogP contribution in [0, 0.1) is 0 Å². The molecule has 0 radical (unpaired) electrons. The van der Waals surface area contributed by atoms with Crippen LogP contribution in [-0.4, -0.2) is 20.4 Å². The molecule has 1 aromatic carbocycles. The molecule has 1 amide bonds. The van der Waals surface area contributed by atoms with Gasteiger partial charge in [0.1, 0.15) is 0 Å². The lowest BCUT2D eigenvalue weighted by Crippen LogP contribution is -2.32. The van der Waals surface area contributed by atoms with Crippen LogP contribution in [0.15, 0.2) is 29.2 Å². The number of halogens is 1. The molecule has 1 N–H and O–H groups in total.